The van der Waals surface area contributed by atoms with Crippen molar-refractivity contribution in [3.05, 3.63) is 0 Å². The van der Waals surface area contributed by atoms with Gasteiger partial charge in [0.25, 0.3) is 0 Å². The molecule has 0 aliphatic carbocycles. The van der Waals surface area contributed by atoms with Crippen LogP contribution in [0.3, 0.4) is 0 Å². The van der Waals surface area contributed by atoms with Gasteiger partial charge in [0.2, 0.25) is 0 Å². The van der Waals surface area contributed by atoms with Crippen molar-refractivity contribution in [3.8, 4) is 0 Å². The maximum Gasteiger partial charge on any atom is 0.326 e. The van der Waals surface area contributed by atoms with Crippen molar-refractivity contribution in [2.45, 2.75) is 44.4 Å². The van der Waals surface area contributed by atoms with Crippen LogP contribution >= 0.6 is 0 Å². The topological polar surface area (TPSA) is 125 Å². The Balaban J connectivity index is 2.43. The lowest BCUT2D eigenvalue weighted by Crippen LogP contribution is -2.51. The number of hydrogen-bond acceptors (Lipinski definition) is 4. The highest BCUT2D eigenvalue weighted by molar-refractivity contribution is 5.86. The summed E-state index contributed by atoms with van der Waals surface area (Å²) in [6.07, 6.45) is 0.999. The molecule has 2 unspecified atom stereocenters. The van der Waals surface area contributed by atoms with Crippen molar-refractivity contribution in [1.29, 1.82) is 0 Å². The standard InChI is InChI=1S/C11H18N2O6/c1-6(8-3-2-4-19-8)12-11(18)13-7(10(16)17)5-9(14)15/h6-8H,2-5H2,1H3,(H,14,15)(H,16,17)(H2,12,13,18)/t6?,7-,8?/m1/s1. The first-order chi connectivity index (χ1) is 8.90. The van der Waals surface area contributed by atoms with Crippen molar-refractivity contribution in [3.63, 3.8) is 0 Å². The van der Waals surface area contributed by atoms with Crippen molar-refractivity contribution in [1.82, 2.24) is 10.6 Å². The van der Waals surface area contributed by atoms with Crippen LogP contribution < -0.4 is 10.6 Å². The highest BCUT2D eigenvalue weighted by atomic mass is 16.5. The van der Waals surface area contributed by atoms with Crippen LogP contribution in [0.4, 0.5) is 4.79 Å². The van der Waals surface area contributed by atoms with Gasteiger partial charge in [-0.25, -0.2) is 9.59 Å². The van der Waals surface area contributed by atoms with Crippen LogP contribution in [0.25, 0.3) is 0 Å². The van der Waals surface area contributed by atoms with Gasteiger partial charge in [0.05, 0.1) is 18.6 Å². The summed E-state index contributed by atoms with van der Waals surface area (Å²) in [5, 5.41) is 22.0. The first-order valence-electron chi connectivity index (χ1n) is 6.03. The summed E-state index contributed by atoms with van der Waals surface area (Å²) in [7, 11) is 0. The maximum absolute atomic E-state index is 11.6. The molecule has 4 N–H and O–H groups in total. The van der Waals surface area contributed by atoms with Gasteiger partial charge in [-0.3, -0.25) is 4.79 Å². The minimum Gasteiger partial charge on any atom is -0.481 e. The van der Waals surface area contributed by atoms with Gasteiger partial charge in [-0.15, -0.1) is 0 Å². The number of rotatable bonds is 6. The molecule has 1 aliphatic rings. The molecule has 108 valence electrons. The number of amides is 2. The van der Waals surface area contributed by atoms with Crippen LogP contribution in [0, 0.1) is 0 Å². The van der Waals surface area contributed by atoms with Crippen LogP contribution in [0.5, 0.6) is 0 Å². The van der Waals surface area contributed by atoms with Crippen LogP contribution in [0.2, 0.25) is 0 Å². The first-order valence-corrected chi connectivity index (χ1v) is 6.03. The molecular weight excluding hydrogens is 256 g/mol. The van der Waals surface area contributed by atoms with Crippen molar-refractivity contribution in [2.24, 2.45) is 0 Å². The van der Waals surface area contributed by atoms with Crippen molar-refractivity contribution >= 4 is 18.0 Å². The van der Waals surface area contributed by atoms with E-state index in [9.17, 15) is 14.4 Å². The summed E-state index contributed by atoms with van der Waals surface area (Å²) in [5.74, 6) is -2.68. The Bertz CT molecular complexity index is 353. The second-order valence-corrected chi connectivity index (χ2v) is 4.45. The molecule has 1 saturated heterocycles. The zero-order chi connectivity index (χ0) is 14.4. The number of urea groups is 1. The third-order valence-electron chi connectivity index (χ3n) is 2.86. The molecule has 0 saturated carbocycles. The fourth-order valence-electron chi connectivity index (χ4n) is 1.87. The number of carbonyl (C=O) groups excluding carboxylic acids is 1. The van der Waals surface area contributed by atoms with E-state index in [0.717, 1.165) is 12.8 Å². The zero-order valence-corrected chi connectivity index (χ0v) is 10.6. The number of nitrogens with one attached hydrogen (secondary N) is 2. The highest BCUT2D eigenvalue weighted by Crippen LogP contribution is 2.15. The molecule has 8 heteroatoms. The highest BCUT2D eigenvalue weighted by Gasteiger charge is 2.26. The molecule has 1 aliphatic heterocycles. The van der Waals surface area contributed by atoms with Gasteiger partial charge in [-0.1, -0.05) is 0 Å². The maximum atomic E-state index is 11.6. The molecule has 1 rings (SSSR count). The van der Waals surface area contributed by atoms with Gasteiger partial charge in [-0.05, 0) is 19.8 Å². The lowest BCUT2D eigenvalue weighted by Gasteiger charge is -2.21. The third-order valence-corrected chi connectivity index (χ3v) is 2.86. The van der Waals surface area contributed by atoms with Crippen LogP contribution in [0.15, 0.2) is 0 Å². The SMILES string of the molecule is CC(NC(=O)N[C@H](CC(=O)O)C(=O)O)C1CCCO1. The molecule has 0 aromatic carbocycles. The molecule has 1 heterocycles. The molecule has 1 fully saturated rings. The number of carboxylic acid groups (broad SMARTS) is 2. The molecular formula is C11H18N2O6. The minimum absolute atomic E-state index is 0.0894. The predicted molar refractivity (Wildman–Crippen MR) is 63.8 cm³/mol. The molecule has 3 atom stereocenters. The quantitative estimate of drug-likeness (QED) is 0.530. The fraction of sp³-hybridized carbons (Fsp3) is 0.727. The van der Waals surface area contributed by atoms with E-state index in [2.05, 4.69) is 10.6 Å². The molecule has 0 aromatic rings. The zero-order valence-electron chi connectivity index (χ0n) is 10.6. The summed E-state index contributed by atoms with van der Waals surface area (Å²) in [6, 6.07) is -2.42. The molecule has 0 spiro atoms. The summed E-state index contributed by atoms with van der Waals surface area (Å²) >= 11 is 0. The van der Waals surface area contributed by atoms with Gasteiger partial charge < -0.3 is 25.6 Å². The number of hydrogen-bond donors (Lipinski definition) is 4. The molecule has 19 heavy (non-hydrogen) atoms. The van der Waals surface area contributed by atoms with Gasteiger partial charge >= 0.3 is 18.0 Å². The van der Waals surface area contributed by atoms with Gasteiger partial charge in [0.1, 0.15) is 6.04 Å². The van der Waals surface area contributed by atoms with E-state index < -0.39 is 30.4 Å². The Morgan fingerprint density at radius 1 is 1.32 bits per heavy atom. The van der Waals surface area contributed by atoms with Gasteiger partial charge in [0.15, 0.2) is 0 Å². The molecule has 0 bridgehead atoms. The Kier molecular flexibility index (Phi) is 5.56. The summed E-state index contributed by atoms with van der Waals surface area (Å²) < 4.78 is 5.38. The fourth-order valence-corrected chi connectivity index (χ4v) is 1.87. The van der Waals surface area contributed by atoms with Crippen molar-refractivity contribution < 1.29 is 29.3 Å². The average molecular weight is 274 g/mol. The molecule has 0 radical (unpaired) electrons. The summed E-state index contributed by atoms with van der Waals surface area (Å²) in [5.41, 5.74) is 0. The Morgan fingerprint density at radius 3 is 2.47 bits per heavy atom. The Hall–Kier alpha value is -1.83. The smallest absolute Gasteiger partial charge is 0.326 e. The Labute approximate surface area is 110 Å². The lowest BCUT2D eigenvalue weighted by atomic mass is 10.1. The summed E-state index contributed by atoms with van der Waals surface area (Å²) in [6.45, 7) is 2.40. The van der Waals surface area contributed by atoms with Crippen molar-refractivity contribution in [2.75, 3.05) is 6.61 Å². The van der Waals surface area contributed by atoms with E-state index in [4.69, 9.17) is 14.9 Å². The van der Waals surface area contributed by atoms with E-state index in [1.807, 2.05) is 0 Å². The van der Waals surface area contributed by atoms with E-state index >= 15 is 0 Å². The van der Waals surface area contributed by atoms with Crippen LogP contribution in [0.1, 0.15) is 26.2 Å². The molecule has 8 nitrogen and oxygen atoms in total. The monoisotopic (exact) mass is 274 g/mol. The number of carboxylic acids is 2. The number of aliphatic carboxylic acids is 2. The number of carbonyl (C=O) groups is 3. The summed E-state index contributed by atoms with van der Waals surface area (Å²) in [4.78, 5) is 32.8. The normalized spacial score (nSPS) is 21.4. The molecule has 2 amide bonds. The van der Waals surface area contributed by atoms with E-state index in [1.165, 1.54) is 0 Å². The Morgan fingerprint density at radius 2 is 2.00 bits per heavy atom. The first kappa shape index (κ1) is 15.2. The second kappa shape index (κ2) is 6.93. The van der Waals surface area contributed by atoms with E-state index in [-0.39, 0.29) is 12.1 Å². The predicted octanol–water partition coefficient (Wildman–Crippen LogP) is -0.219. The van der Waals surface area contributed by atoms with E-state index in [1.54, 1.807) is 6.92 Å². The molecule has 0 aromatic heterocycles. The van der Waals surface area contributed by atoms with Crippen LogP contribution in [-0.4, -0.2) is 53.0 Å². The largest absolute Gasteiger partial charge is 0.481 e. The van der Waals surface area contributed by atoms with Gasteiger partial charge in [0, 0.05) is 6.61 Å². The number of ether oxygens (including phenoxy) is 1. The lowest BCUT2D eigenvalue weighted by molar-refractivity contribution is -0.145. The average Bonchev–Trinajstić information content (AvgIpc) is 2.80. The van der Waals surface area contributed by atoms with Gasteiger partial charge in [-0.2, -0.15) is 0 Å². The van der Waals surface area contributed by atoms with Crippen LogP contribution in [-0.2, 0) is 14.3 Å². The second-order valence-electron chi connectivity index (χ2n) is 4.45. The van der Waals surface area contributed by atoms with E-state index in [0.29, 0.717) is 6.61 Å². The minimum atomic E-state index is -1.45. The third kappa shape index (κ3) is 5.12.